The maximum absolute atomic E-state index is 8.78. The van der Waals surface area contributed by atoms with Gasteiger partial charge in [-0.15, -0.1) is 0 Å². The van der Waals surface area contributed by atoms with Crippen LogP contribution in [0, 0.1) is 11.3 Å². The average Bonchev–Trinajstić information content (AvgIpc) is 2.53. The van der Waals surface area contributed by atoms with Crippen molar-refractivity contribution in [2.45, 2.75) is 6.54 Å². The second kappa shape index (κ2) is 6.48. The number of nitriles is 1. The van der Waals surface area contributed by atoms with E-state index in [1.165, 1.54) is 6.20 Å². The number of aromatic nitrogens is 1. The van der Waals surface area contributed by atoms with E-state index in [1.807, 2.05) is 24.3 Å². The summed E-state index contributed by atoms with van der Waals surface area (Å²) in [5.74, 6) is 1.98. The summed E-state index contributed by atoms with van der Waals surface area (Å²) in [5.41, 5.74) is 7.66. The van der Waals surface area contributed by atoms with E-state index in [2.05, 4.69) is 10.3 Å². The Kier molecular flexibility index (Phi) is 4.46. The first-order valence-corrected chi connectivity index (χ1v) is 6.28. The van der Waals surface area contributed by atoms with Gasteiger partial charge in [-0.05, 0) is 18.2 Å². The number of pyridine rings is 1. The van der Waals surface area contributed by atoms with Crippen LogP contribution in [0.3, 0.4) is 0 Å². The molecule has 0 aliphatic heterocycles. The Bertz CT molecular complexity index is 680. The quantitative estimate of drug-likeness (QED) is 0.874. The van der Waals surface area contributed by atoms with Crippen LogP contribution >= 0.6 is 0 Å². The van der Waals surface area contributed by atoms with E-state index in [-0.39, 0.29) is 0 Å². The zero-order valence-electron chi connectivity index (χ0n) is 11.9. The van der Waals surface area contributed by atoms with Crippen molar-refractivity contribution >= 4 is 11.5 Å². The van der Waals surface area contributed by atoms with Crippen molar-refractivity contribution in [2.24, 2.45) is 0 Å². The zero-order chi connectivity index (χ0) is 15.2. The Morgan fingerprint density at radius 2 is 2.10 bits per heavy atom. The summed E-state index contributed by atoms with van der Waals surface area (Å²) in [4.78, 5) is 4.13. The first-order chi connectivity index (χ1) is 10.2. The van der Waals surface area contributed by atoms with Gasteiger partial charge in [-0.2, -0.15) is 5.26 Å². The van der Waals surface area contributed by atoms with Gasteiger partial charge >= 0.3 is 0 Å². The number of ether oxygens (including phenoxy) is 2. The molecule has 6 nitrogen and oxygen atoms in total. The smallest absolute Gasteiger partial charge is 0.149 e. The van der Waals surface area contributed by atoms with Gasteiger partial charge in [0.25, 0.3) is 0 Å². The summed E-state index contributed by atoms with van der Waals surface area (Å²) >= 11 is 0. The van der Waals surface area contributed by atoms with Crippen molar-refractivity contribution in [2.75, 3.05) is 25.3 Å². The fraction of sp³-hybridized carbons (Fsp3) is 0.200. The van der Waals surface area contributed by atoms with Crippen molar-refractivity contribution in [3.63, 3.8) is 0 Å². The molecule has 21 heavy (non-hydrogen) atoms. The fourth-order valence-electron chi connectivity index (χ4n) is 1.87. The Morgan fingerprint density at radius 1 is 1.29 bits per heavy atom. The van der Waals surface area contributed by atoms with E-state index in [4.69, 9.17) is 20.5 Å². The molecule has 0 saturated carbocycles. The predicted octanol–water partition coefficient (Wildman–Crippen LogP) is 2.16. The molecule has 6 heteroatoms. The molecule has 1 heterocycles. The van der Waals surface area contributed by atoms with Crippen molar-refractivity contribution in [3.05, 3.63) is 41.6 Å². The van der Waals surface area contributed by atoms with E-state index < -0.39 is 0 Å². The minimum absolute atomic E-state index is 0.431. The monoisotopic (exact) mass is 284 g/mol. The predicted molar refractivity (Wildman–Crippen MR) is 80.2 cm³/mol. The van der Waals surface area contributed by atoms with Gasteiger partial charge in [0.1, 0.15) is 23.4 Å². The number of rotatable bonds is 5. The third-order valence-corrected chi connectivity index (χ3v) is 2.99. The second-order valence-electron chi connectivity index (χ2n) is 4.30. The minimum atomic E-state index is 0.431. The molecule has 1 aromatic heterocycles. The highest BCUT2D eigenvalue weighted by Gasteiger charge is 2.07. The lowest BCUT2D eigenvalue weighted by Crippen LogP contribution is -2.06. The Balaban J connectivity index is 2.15. The van der Waals surface area contributed by atoms with Crippen molar-refractivity contribution in [3.8, 4) is 17.6 Å². The highest BCUT2D eigenvalue weighted by atomic mass is 16.5. The maximum Gasteiger partial charge on any atom is 0.149 e. The number of anilines is 2. The number of nitrogens with two attached hydrogens (primary N) is 1. The molecule has 2 rings (SSSR count). The van der Waals surface area contributed by atoms with Gasteiger partial charge in [-0.25, -0.2) is 4.98 Å². The highest BCUT2D eigenvalue weighted by molar-refractivity contribution is 5.63. The molecule has 0 aliphatic rings. The summed E-state index contributed by atoms with van der Waals surface area (Å²) in [6, 6.07) is 9.16. The summed E-state index contributed by atoms with van der Waals surface area (Å²) < 4.78 is 10.5. The normalized spacial score (nSPS) is 9.76. The molecule has 0 fully saturated rings. The van der Waals surface area contributed by atoms with Crippen molar-refractivity contribution in [1.82, 2.24) is 4.98 Å². The van der Waals surface area contributed by atoms with Gasteiger partial charge in [-0.1, -0.05) is 0 Å². The lowest BCUT2D eigenvalue weighted by molar-refractivity contribution is 0.391. The third-order valence-electron chi connectivity index (χ3n) is 2.99. The molecule has 0 radical (unpaired) electrons. The maximum atomic E-state index is 8.78. The topological polar surface area (TPSA) is 93.2 Å². The van der Waals surface area contributed by atoms with Gasteiger partial charge in [-0.3, -0.25) is 0 Å². The van der Waals surface area contributed by atoms with E-state index in [0.29, 0.717) is 29.4 Å². The summed E-state index contributed by atoms with van der Waals surface area (Å²) in [6.45, 7) is 0.496. The van der Waals surface area contributed by atoms with Gasteiger partial charge in [0.15, 0.2) is 0 Å². The molecule has 0 bridgehead atoms. The minimum Gasteiger partial charge on any atom is -0.497 e. The summed E-state index contributed by atoms with van der Waals surface area (Å²) in [5, 5.41) is 11.9. The highest BCUT2D eigenvalue weighted by Crippen LogP contribution is 2.26. The largest absolute Gasteiger partial charge is 0.497 e. The Hall–Kier alpha value is -2.94. The van der Waals surface area contributed by atoms with Crippen molar-refractivity contribution < 1.29 is 9.47 Å². The fourth-order valence-corrected chi connectivity index (χ4v) is 1.87. The molecule has 108 valence electrons. The molecule has 2 aromatic rings. The van der Waals surface area contributed by atoms with Crippen LogP contribution in [-0.2, 0) is 6.54 Å². The molecule has 0 amide bonds. The number of hydrogen-bond acceptors (Lipinski definition) is 6. The zero-order valence-corrected chi connectivity index (χ0v) is 11.9. The second-order valence-corrected chi connectivity index (χ2v) is 4.30. The number of nitrogens with one attached hydrogen (secondary N) is 1. The number of benzene rings is 1. The molecular weight excluding hydrogens is 268 g/mol. The lowest BCUT2D eigenvalue weighted by Gasteiger charge is -2.12. The van der Waals surface area contributed by atoms with Crippen LogP contribution in [0.5, 0.6) is 11.5 Å². The Labute approximate surface area is 123 Å². The van der Waals surface area contributed by atoms with Crippen LogP contribution in [0.15, 0.2) is 30.5 Å². The summed E-state index contributed by atoms with van der Waals surface area (Å²) in [6.07, 6.45) is 1.48. The molecule has 0 aliphatic carbocycles. The van der Waals surface area contributed by atoms with E-state index in [0.717, 1.165) is 11.3 Å². The molecule has 1 aromatic carbocycles. The lowest BCUT2D eigenvalue weighted by atomic mass is 10.2. The van der Waals surface area contributed by atoms with Gasteiger partial charge < -0.3 is 20.5 Å². The molecule has 0 unspecified atom stereocenters. The van der Waals surface area contributed by atoms with Crippen molar-refractivity contribution in [1.29, 1.82) is 5.26 Å². The van der Waals surface area contributed by atoms with Gasteiger partial charge in [0.2, 0.25) is 0 Å². The van der Waals surface area contributed by atoms with Gasteiger partial charge in [0, 0.05) is 24.4 Å². The van der Waals surface area contributed by atoms with Crippen LogP contribution in [0.2, 0.25) is 0 Å². The van der Waals surface area contributed by atoms with E-state index >= 15 is 0 Å². The molecule has 3 N–H and O–H groups in total. The van der Waals surface area contributed by atoms with E-state index in [9.17, 15) is 0 Å². The number of hydrogen-bond donors (Lipinski definition) is 2. The van der Waals surface area contributed by atoms with Crippen LogP contribution in [0.4, 0.5) is 11.5 Å². The van der Waals surface area contributed by atoms with Crippen LogP contribution in [0.25, 0.3) is 0 Å². The standard InChI is InChI=1S/C15H16N4O2/c1-20-12-4-3-11(14(6-12)21-2)9-19-15-13(17)5-10(7-16)8-18-15/h3-6,8H,9,17H2,1-2H3,(H,18,19). The first-order valence-electron chi connectivity index (χ1n) is 6.28. The average molecular weight is 284 g/mol. The first kappa shape index (κ1) is 14.5. The van der Waals surface area contributed by atoms with Crippen LogP contribution in [0.1, 0.15) is 11.1 Å². The van der Waals surface area contributed by atoms with E-state index in [1.54, 1.807) is 20.3 Å². The number of nitrogen functional groups attached to an aromatic ring is 1. The molecule has 0 atom stereocenters. The summed E-state index contributed by atoms with van der Waals surface area (Å²) in [7, 11) is 3.21. The van der Waals surface area contributed by atoms with Crippen LogP contribution < -0.4 is 20.5 Å². The molecular formula is C15H16N4O2. The number of nitrogens with zero attached hydrogens (tertiary/aromatic N) is 2. The Morgan fingerprint density at radius 3 is 2.71 bits per heavy atom. The van der Waals surface area contributed by atoms with Gasteiger partial charge in [0.05, 0.1) is 25.5 Å². The third kappa shape index (κ3) is 3.34. The SMILES string of the molecule is COc1ccc(CNc2ncc(C#N)cc2N)c(OC)c1. The number of methoxy groups -OCH3 is 2. The van der Waals surface area contributed by atoms with Crippen LogP contribution in [-0.4, -0.2) is 19.2 Å². The molecule has 0 spiro atoms. The molecule has 0 saturated heterocycles.